The fourth-order valence-corrected chi connectivity index (χ4v) is 3.41. The highest BCUT2D eigenvalue weighted by molar-refractivity contribution is 5.10. The van der Waals surface area contributed by atoms with Gasteiger partial charge in [0.05, 0.1) is 0 Å². The summed E-state index contributed by atoms with van der Waals surface area (Å²) >= 11 is 0. The SMILES string of the molecule is CCCCCCCCCCCC(N)C1=CCCCCCC1. The van der Waals surface area contributed by atoms with Gasteiger partial charge in [-0.25, -0.2) is 0 Å². The van der Waals surface area contributed by atoms with Crippen molar-refractivity contribution < 1.29 is 0 Å². The summed E-state index contributed by atoms with van der Waals surface area (Å²) in [6, 6.07) is 0.354. The van der Waals surface area contributed by atoms with Gasteiger partial charge in [-0.3, -0.25) is 0 Å². The molecular formula is C20H39N. The maximum Gasteiger partial charge on any atom is 0.0253 e. The van der Waals surface area contributed by atoms with Gasteiger partial charge < -0.3 is 5.73 Å². The zero-order valence-corrected chi connectivity index (χ0v) is 14.5. The highest BCUT2D eigenvalue weighted by Gasteiger charge is 2.10. The van der Waals surface area contributed by atoms with Crippen LogP contribution < -0.4 is 5.73 Å². The second-order valence-electron chi connectivity index (χ2n) is 6.96. The fraction of sp³-hybridized carbons (Fsp3) is 0.900. The van der Waals surface area contributed by atoms with Gasteiger partial charge in [0, 0.05) is 6.04 Å². The van der Waals surface area contributed by atoms with Crippen LogP contribution in [-0.2, 0) is 0 Å². The Morgan fingerprint density at radius 1 is 0.857 bits per heavy atom. The van der Waals surface area contributed by atoms with Crippen LogP contribution in [0, 0.1) is 0 Å². The van der Waals surface area contributed by atoms with E-state index in [4.69, 9.17) is 5.73 Å². The van der Waals surface area contributed by atoms with Crippen LogP contribution in [0.2, 0.25) is 0 Å². The first-order valence-corrected chi connectivity index (χ1v) is 9.79. The predicted octanol–water partition coefficient (Wildman–Crippen LogP) is 6.52. The number of hydrogen-bond acceptors (Lipinski definition) is 1. The van der Waals surface area contributed by atoms with Crippen LogP contribution in [-0.4, -0.2) is 6.04 Å². The summed E-state index contributed by atoms with van der Waals surface area (Å²) < 4.78 is 0. The van der Waals surface area contributed by atoms with Crippen molar-refractivity contribution in [3.63, 3.8) is 0 Å². The molecule has 1 aliphatic carbocycles. The van der Waals surface area contributed by atoms with Crippen LogP contribution in [0.1, 0.15) is 110 Å². The molecule has 0 spiro atoms. The van der Waals surface area contributed by atoms with E-state index in [1.165, 1.54) is 103 Å². The Balaban J connectivity index is 1.98. The van der Waals surface area contributed by atoms with E-state index < -0.39 is 0 Å². The quantitative estimate of drug-likeness (QED) is 0.341. The monoisotopic (exact) mass is 293 g/mol. The molecule has 0 aromatic carbocycles. The number of rotatable bonds is 11. The Kier molecular flexibility index (Phi) is 11.9. The molecule has 1 rings (SSSR count). The van der Waals surface area contributed by atoms with Crippen molar-refractivity contribution in [3.05, 3.63) is 11.6 Å². The summed E-state index contributed by atoms with van der Waals surface area (Å²) in [7, 11) is 0. The van der Waals surface area contributed by atoms with Crippen molar-refractivity contribution in [1.82, 2.24) is 0 Å². The van der Waals surface area contributed by atoms with Crippen molar-refractivity contribution in [2.45, 2.75) is 116 Å². The highest BCUT2D eigenvalue weighted by atomic mass is 14.6. The van der Waals surface area contributed by atoms with Crippen molar-refractivity contribution in [2.24, 2.45) is 5.73 Å². The molecule has 1 nitrogen and oxygen atoms in total. The Bertz CT molecular complexity index is 257. The molecule has 0 heterocycles. The first-order valence-electron chi connectivity index (χ1n) is 9.79. The summed E-state index contributed by atoms with van der Waals surface area (Å²) in [6.45, 7) is 2.29. The maximum absolute atomic E-state index is 6.40. The third-order valence-electron chi connectivity index (χ3n) is 4.92. The largest absolute Gasteiger partial charge is 0.324 e. The minimum absolute atomic E-state index is 0.354. The molecule has 21 heavy (non-hydrogen) atoms. The van der Waals surface area contributed by atoms with Gasteiger partial charge in [0.1, 0.15) is 0 Å². The lowest BCUT2D eigenvalue weighted by Crippen LogP contribution is -2.23. The van der Waals surface area contributed by atoms with Crippen LogP contribution in [0.5, 0.6) is 0 Å². The molecule has 0 saturated heterocycles. The van der Waals surface area contributed by atoms with Crippen molar-refractivity contribution in [3.8, 4) is 0 Å². The number of nitrogens with two attached hydrogens (primary N) is 1. The molecule has 1 unspecified atom stereocenters. The van der Waals surface area contributed by atoms with E-state index in [9.17, 15) is 0 Å². The normalized spacial score (nSPS) is 17.9. The molecule has 124 valence electrons. The van der Waals surface area contributed by atoms with Gasteiger partial charge in [0.15, 0.2) is 0 Å². The lowest BCUT2D eigenvalue weighted by Gasteiger charge is -2.18. The molecule has 1 heteroatoms. The zero-order chi connectivity index (χ0) is 15.2. The molecule has 0 aliphatic heterocycles. The van der Waals surface area contributed by atoms with Crippen LogP contribution in [0.4, 0.5) is 0 Å². The molecule has 0 amide bonds. The second kappa shape index (κ2) is 13.4. The van der Waals surface area contributed by atoms with Gasteiger partial charge in [-0.15, -0.1) is 0 Å². The Morgan fingerprint density at radius 2 is 1.48 bits per heavy atom. The first-order chi connectivity index (χ1) is 10.3. The minimum Gasteiger partial charge on any atom is -0.324 e. The van der Waals surface area contributed by atoms with Crippen molar-refractivity contribution in [1.29, 1.82) is 0 Å². The Labute approximate surface area is 133 Å². The van der Waals surface area contributed by atoms with Crippen LogP contribution in [0.15, 0.2) is 11.6 Å². The molecule has 0 radical (unpaired) electrons. The fourth-order valence-electron chi connectivity index (χ4n) is 3.41. The molecule has 0 saturated carbocycles. The van der Waals surface area contributed by atoms with Crippen LogP contribution in [0.25, 0.3) is 0 Å². The standard InChI is InChI=1S/C20H39N/c1-2-3-4-5-6-7-8-12-15-18-20(21)19-16-13-10-9-11-14-17-19/h16,20H,2-15,17-18,21H2,1H3. The van der Waals surface area contributed by atoms with Gasteiger partial charge >= 0.3 is 0 Å². The van der Waals surface area contributed by atoms with Crippen LogP contribution in [0.3, 0.4) is 0 Å². The molecular weight excluding hydrogens is 254 g/mol. The predicted molar refractivity (Wildman–Crippen MR) is 95.6 cm³/mol. The topological polar surface area (TPSA) is 26.0 Å². The second-order valence-corrected chi connectivity index (χ2v) is 6.96. The zero-order valence-electron chi connectivity index (χ0n) is 14.5. The summed E-state index contributed by atoms with van der Waals surface area (Å²) in [4.78, 5) is 0. The van der Waals surface area contributed by atoms with Gasteiger partial charge in [-0.2, -0.15) is 0 Å². The molecule has 0 bridgehead atoms. The molecule has 0 aromatic rings. The summed E-state index contributed by atoms with van der Waals surface area (Å²) in [5, 5.41) is 0. The van der Waals surface area contributed by atoms with E-state index in [-0.39, 0.29) is 0 Å². The van der Waals surface area contributed by atoms with E-state index >= 15 is 0 Å². The number of hydrogen-bond donors (Lipinski definition) is 1. The average molecular weight is 294 g/mol. The summed E-state index contributed by atoms with van der Waals surface area (Å²) in [5.41, 5.74) is 7.96. The maximum atomic E-state index is 6.40. The highest BCUT2D eigenvalue weighted by Crippen LogP contribution is 2.21. The third-order valence-corrected chi connectivity index (χ3v) is 4.92. The van der Waals surface area contributed by atoms with E-state index in [0.717, 1.165) is 0 Å². The van der Waals surface area contributed by atoms with Crippen molar-refractivity contribution >= 4 is 0 Å². The van der Waals surface area contributed by atoms with E-state index in [1.54, 1.807) is 5.57 Å². The smallest absolute Gasteiger partial charge is 0.0253 e. The molecule has 1 aliphatic rings. The number of allylic oxidation sites excluding steroid dienone is 1. The number of unbranched alkanes of at least 4 members (excludes halogenated alkanes) is 8. The lowest BCUT2D eigenvalue weighted by atomic mass is 9.92. The van der Waals surface area contributed by atoms with E-state index in [0.29, 0.717) is 6.04 Å². The average Bonchev–Trinajstić information content (AvgIpc) is 2.45. The molecule has 2 N–H and O–H groups in total. The van der Waals surface area contributed by atoms with Crippen LogP contribution >= 0.6 is 0 Å². The third kappa shape index (κ3) is 10.1. The van der Waals surface area contributed by atoms with E-state index in [1.807, 2.05) is 0 Å². The minimum atomic E-state index is 0.354. The molecule has 0 aromatic heterocycles. The van der Waals surface area contributed by atoms with Gasteiger partial charge in [0.25, 0.3) is 0 Å². The molecule has 0 fully saturated rings. The first kappa shape index (κ1) is 18.7. The Hall–Kier alpha value is -0.300. The van der Waals surface area contributed by atoms with Gasteiger partial charge in [-0.05, 0) is 32.1 Å². The van der Waals surface area contributed by atoms with E-state index in [2.05, 4.69) is 13.0 Å². The van der Waals surface area contributed by atoms with Gasteiger partial charge in [-0.1, -0.05) is 89.2 Å². The lowest BCUT2D eigenvalue weighted by molar-refractivity contribution is 0.529. The molecule has 1 atom stereocenters. The van der Waals surface area contributed by atoms with Gasteiger partial charge in [0.2, 0.25) is 0 Å². The summed E-state index contributed by atoms with van der Waals surface area (Å²) in [6.07, 6.45) is 24.4. The van der Waals surface area contributed by atoms with Crippen molar-refractivity contribution in [2.75, 3.05) is 0 Å². The Morgan fingerprint density at radius 3 is 2.19 bits per heavy atom. The summed E-state index contributed by atoms with van der Waals surface area (Å²) in [5.74, 6) is 0.